The Bertz CT molecular complexity index is 1210. The molecule has 0 saturated carbocycles. The Morgan fingerprint density at radius 2 is 1.85 bits per heavy atom. The summed E-state index contributed by atoms with van der Waals surface area (Å²) < 4.78 is 27.3. The number of piperidine rings is 1. The van der Waals surface area contributed by atoms with Crippen molar-refractivity contribution in [2.75, 3.05) is 18.4 Å². The second-order valence-corrected chi connectivity index (χ2v) is 11.0. The van der Waals surface area contributed by atoms with Gasteiger partial charge in [-0.05, 0) is 54.1 Å². The highest BCUT2D eigenvalue weighted by Gasteiger charge is 2.33. The van der Waals surface area contributed by atoms with E-state index in [1.165, 1.54) is 15.6 Å². The molecule has 2 heterocycles. The number of hydrogen-bond donors (Lipinski definition) is 2. The number of nitrogens with zero attached hydrogens (tertiary/aromatic N) is 1. The summed E-state index contributed by atoms with van der Waals surface area (Å²) in [7, 11) is -3.57. The van der Waals surface area contributed by atoms with Gasteiger partial charge in [-0.25, -0.2) is 8.42 Å². The lowest BCUT2D eigenvalue weighted by molar-refractivity contribution is -0.126. The van der Waals surface area contributed by atoms with Crippen LogP contribution in [0.4, 0.5) is 5.69 Å². The van der Waals surface area contributed by atoms with Gasteiger partial charge in [0.15, 0.2) is 0 Å². The Kier molecular flexibility index (Phi) is 7.22. The number of anilines is 1. The first-order valence-electron chi connectivity index (χ1n) is 10.7. The zero-order chi connectivity index (χ0) is 23.3. The number of para-hydroxylation sites is 1. The molecule has 33 heavy (non-hydrogen) atoms. The van der Waals surface area contributed by atoms with Crippen LogP contribution in [-0.2, 0) is 21.4 Å². The molecule has 1 aromatic heterocycles. The van der Waals surface area contributed by atoms with E-state index in [0.717, 1.165) is 5.56 Å². The number of hydrogen-bond acceptors (Lipinski definition) is 5. The van der Waals surface area contributed by atoms with Crippen LogP contribution in [0.15, 0.2) is 76.3 Å². The molecule has 0 radical (unpaired) electrons. The van der Waals surface area contributed by atoms with Crippen molar-refractivity contribution >= 4 is 38.9 Å². The van der Waals surface area contributed by atoms with Crippen LogP contribution < -0.4 is 10.6 Å². The number of carbonyl (C=O) groups is 2. The van der Waals surface area contributed by atoms with Gasteiger partial charge < -0.3 is 10.6 Å². The van der Waals surface area contributed by atoms with E-state index in [9.17, 15) is 18.0 Å². The summed E-state index contributed by atoms with van der Waals surface area (Å²) in [6.45, 7) is 0.855. The lowest BCUT2D eigenvalue weighted by atomic mass is 9.98. The molecule has 0 aliphatic carbocycles. The Morgan fingerprint density at radius 1 is 1.03 bits per heavy atom. The van der Waals surface area contributed by atoms with Crippen LogP contribution in [0.25, 0.3) is 0 Å². The minimum absolute atomic E-state index is 0.172. The number of thiophene rings is 1. The summed E-state index contributed by atoms with van der Waals surface area (Å²) in [6.07, 6.45) is 1.28. The van der Waals surface area contributed by atoms with E-state index in [0.29, 0.717) is 34.8 Å². The van der Waals surface area contributed by atoms with Crippen molar-refractivity contribution in [3.63, 3.8) is 0 Å². The molecular formula is C24H25N3O4S2. The highest BCUT2D eigenvalue weighted by Crippen LogP contribution is 2.26. The van der Waals surface area contributed by atoms with Crippen LogP contribution in [0.2, 0.25) is 0 Å². The maximum Gasteiger partial charge on any atom is 0.255 e. The molecule has 172 valence electrons. The monoisotopic (exact) mass is 483 g/mol. The molecule has 2 amide bonds. The molecule has 3 aromatic rings. The van der Waals surface area contributed by atoms with Crippen LogP contribution in [0, 0.1) is 5.92 Å². The average Bonchev–Trinajstić information content (AvgIpc) is 3.39. The number of benzene rings is 2. The molecule has 1 unspecified atom stereocenters. The molecule has 1 fully saturated rings. The van der Waals surface area contributed by atoms with E-state index in [2.05, 4.69) is 10.6 Å². The normalized spacial score (nSPS) is 16.8. The van der Waals surface area contributed by atoms with Gasteiger partial charge in [0.1, 0.15) is 4.21 Å². The third-order valence-corrected chi connectivity index (χ3v) is 8.77. The molecular weight excluding hydrogens is 458 g/mol. The van der Waals surface area contributed by atoms with Gasteiger partial charge in [0.25, 0.3) is 15.9 Å². The van der Waals surface area contributed by atoms with Crippen LogP contribution >= 0.6 is 11.3 Å². The van der Waals surface area contributed by atoms with Crippen LogP contribution in [0.3, 0.4) is 0 Å². The van der Waals surface area contributed by atoms with Crippen molar-refractivity contribution in [3.8, 4) is 0 Å². The van der Waals surface area contributed by atoms with Gasteiger partial charge in [-0.2, -0.15) is 4.31 Å². The van der Waals surface area contributed by atoms with Crippen LogP contribution in [-0.4, -0.2) is 37.6 Å². The van der Waals surface area contributed by atoms with Crippen LogP contribution in [0.5, 0.6) is 0 Å². The summed E-state index contributed by atoms with van der Waals surface area (Å²) in [5, 5.41) is 7.48. The molecule has 0 spiro atoms. The quantitative estimate of drug-likeness (QED) is 0.535. The van der Waals surface area contributed by atoms with Crippen molar-refractivity contribution < 1.29 is 18.0 Å². The smallest absolute Gasteiger partial charge is 0.255 e. The molecule has 1 aliphatic heterocycles. The SMILES string of the molecule is O=C(Nc1ccccc1)c1cccc(CNC(=O)C2CCCN(S(=O)(=O)c3cccs3)C2)c1. The molecule has 4 rings (SSSR count). The predicted molar refractivity (Wildman–Crippen MR) is 128 cm³/mol. The fourth-order valence-electron chi connectivity index (χ4n) is 3.79. The van der Waals surface area contributed by atoms with Crippen molar-refractivity contribution in [2.24, 2.45) is 5.92 Å². The minimum atomic E-state index is -3.57. The summed E-state index contributed by atoms with van der Waals surface area (Å²) in [6, 6.07) is 19.6. The molecule has 1 saturated heterocycles. The fourth-order valence-corrected chi connectivity index (χ4v) is 6.46. The lowest BCUT2D eigenvalue weighted by Crippen LogP contribution is -2.45. The molecule has 1 aliphatic rings. The Morgan fingerprint density at radius 3 is 2.61 bits per heavy atom. The molecule has 2 N–H and O–H groups in total. The van der Waals surface area contributed by atoms with Gasteiger partial charge in [-0.15, -0.1) is 11.3 Å². The summed E-state index contributed by atoms with van der Waals surface area (Å²) in [5.74, 6) is -0.811. The number of sulfonamides is 1. The Balaban J connectivity index is 1.35. The largest absolute Gasteiger partial charge is 0.352 e. The number of carbonyl (C=O) groups excluding carboxylic acids is 2. The topological polar surface area (TPSA) is 95.6 Å². The third kappa shape index (κ3) is 5.68. The van der Waals surface area contributed by atoms with Crippen molar-refractivity contribution in [1.82, 2.24) is 9.62 Å². The van der Waals surface area contributed by atoms with Crippen molar-refractivity contribution in [2.45, 2.75) is 23.6 Å². The summed E-state index contributed by atoms with van der Waals surface area (Å²) >= 11 is 1.18. The second-order valence-electron chi connectivity index (χ2n) is 7.87. The van der Waals surface area contributed by atoms with E-state index < -0.39 is 15.9 Å². The average molecular weight is 484 g/mol. The fraction of sp³-hybridized carbons (Fsp3) is 0.250. The zero-order valence-electron chi connectivity index (χ0n) is 17.9. The first-order valence-corrected chi connectivity index (χ1v) is 13.0. The van der Waals surface area contributed by atoms with Crippen LogP contribution in [0.1, 0.15) is 28.8 Å². The number of nitrogens with one attached hydrogen (secondary N) is 2. The van der Waals surface area contributed by atoms with Gasteiger partial charge >= 0.3 is 0 Å². The first kappa shape index (κ1) is 23.2. The minimum Gasteiger partial charge on any atom is -0.352 e. The van der Waals surface area contributed by atoms with E-state index in [1.54, 1.807) is 35.7 Å². The van der Waals surface area contributed by atoms with Crippen molar-refractivity contribution in [3.05, 3.63) is 83.2 Å². The van der Waals surface area contributed by atoms with Gasteiger partial charge in [0.2, 0.25) is 5.91 Å². The molecule has 2 aromatic carbocycles. The highest BCUT2D eigenvalue weighted by molar-refractivity contribution is 7.91. The molecule has 1 atom stereocenters. The van der Waals surface area contributed by atoms with Gasteiger partial charge in [0, 0.05) is 30.9 Å². The van der Waals surface area contributed by atoms with Gasteiger partial charge in [-0.3, -0.25) is 9.59 Å². The summed E-state index contributed by atoms with van der Waals surface area (Å²) in [5.41, 5.74) is 2.00. The van der Waals surface area contributed by atoms with Gasteiger partial charge in [-0.1, -0.05) is 36.4 Å². The maximum absolute atomic E-state index is 12.8. The number of rotatable bonds is 7. The third-order valence-electron chi connectivity index (χ3n) is 5.53. The Labute approximate surface area is 197 Å². The zero-order valence-corrected chi connectivity index (χ0v) is 19.6. The first-order chi connectivity index (χ1) is 15.9. The van der Waals surface area contributed by atoms with E-state index in [-0.39, 0.29) is 24.9 Å². The lowest BCUT2D eigenvalue weighted by Gasteiger charge is -2.30. The number of amides is 2. The highest BCUT2D eigenvalue weighted by atomic mass is 32.2. The molecule has 9 heteroatoms. The molecule has 0 bridgehead atoms. The van der Waals surface area contributed by atoms with Crippen molar-refractivity contribution in [1.29, 1.82) is 0 Å². The van der Waals surface area contributed by atoms with E-state index in [1.807, 2.05) is 36.4 Å². The molecule has 7 nitrogen and oxygen atoms in total. The van der Waals surface area contributed by atoms with E-state index in [4.69, 9.17) is 0 Å². The second kappa shape index (κ2) is 10.3. The summed E-state index contributed by atoms with van der Waals surface area (Å²) in [4.78, 5) is 25.3. The maximum atomic E-state index is 12.8. The van der Waals surface area contributed by atoms with Gasteiger partial charge in [0.05, 0.1) is 5.92 Å². The predicted octanol–water partition coefficient (Wildman–Crippen LogP) is 3.72. The standard InChI is InChI=1S/C24H25N3O4S2/c28-23(20-9-5-13-27(17-20)33(30,31)22-12-6-14-32-22)25-16-18-7-4-8-19(15-18)24(29)26-21-10-2-1-3-11-21/h1-4,6-8,10-12,14-15,20H,5,9,13,16-17H2,(H,25,28)(H,26,29). The van der Waals surface area contributed by atoms with E-state index >= 15 is 0 Å². The Hall–Kier alpha value is -3.01.